The summed E-state index contributed by atoms with van der Waals surface area (Å²) in [4.78, 5) is 14.6. The van der Waals surface area contributed by atoms with E-state index in [1.165, 1.54) is 16.1 Å². The van der Waals surface area contributed by atoms with Crippen molar-refractivity contribution in [2.24, 2.45) is 7.05 Å². The highest BCUT2D eigenvalue weighted by atomic mass is 32.2. The maximum Gasteiger partial charge on any atom is 0.243 e. The fourth-order valence-corrected chi connectivity index (χ4v) is 5.62. The molecular weight excluding hydrogens is 398 g/mol. The summed E-state index contributed by atoms with van der Waals surface area (Å²) < 4.78 is 29.3. The third-order valence-corrected chi connectivity index (χ3v) is 7.98. The number of benzene rings is 1. The highest BCUT2D eigenvalue weighted by Gasteiger charge is 2.31. The topological polar surface area (TPSA) is 88.4 Å². The zero-order chi connectivity index (χ0) is 20.5. The van der Waals surface area contributed by atoms with Crippen molar-refractivity contribution in [2.75, 3.05) is 31.9 Å². The van der Waals surface area contributed by atoms with Crippen molar-refractivity contribution in [1.82, 2.24) is 24.0 Å². The van der Waals surface area contributed by atoms with E-state index in [-0.39, 0.29) is 11.7 Å². The molecule has 3 rings (SSSR count). The van der Waals surface area contributed by atoms with Gasteiger partial charge in [-0.2, -0.15) is 4.31 Å². The third-order valence-electron chi connectivity index (χ3n) is 4.93. The van der Waals surface area contributed by atoms with Gasteiger partial charge in [-0.1, -0.05) is 23.9 Å². The molecule has 2 aromatic rings. The zero-order valence-corrected chi connectivity index (χ0v) is 18.2. The van der Waals surface area contributed by atoms with Gasteiger partial charge in [-0.25, -0.2) is 8.42 Å². The molecular formula is C18H25N5O3S2. The fraction of sp³-hybridized carbons (Fsp3) is 0.500. The van der Waals surface area contributed by atoms with Crippen LogP contribution in [0.25, 0.3) is 0 Å². The summed E-state index contributed by atoms with van der Waals surface area (Å²) in [5, 5.41) is 8.72. The Bertz CT molecular complexity index is 979. The van der Waals surface area contributed by atoms with Gasteiger partial charge in [0.15, 0.2) is 5.16 Å². The number of sulfonamides is 1. The van der Waals surface area contributed by atoms with Gasteiger partial charge in [0.05, 0.1) is 10.6 Å². The van der Waals surface area contributed by atoms with Crippen LogP contribution in [-0.2, 0) is 21.9 Å². The second-order valence-corrected chi connectivity index (χ2v) is 9.78. The molecule has 0 spiro atoms. The van der Waals surface area contributed by atoms with Crippen molar-refractivity contribution >= 4 is 27.7 Å². The molecule has 152 valence electrons. The fourth-order valence-electron chi connectivity index (χ4n) is 3.03. The van der Waals surface area contributed by atoms with E-state index >= 15 is 0 Å². The first kappa shape index (κ1) is 20.8. The predicted octanol–water partition coefficient (Wildman–Crippen LogP) is 1.37. The molecule has 0 atom stereocenters. The van der Waals surface area contributed by atoms with Crippen molar-refractivity contribution in [2.45, 2.75) is 30.8 Å². The van der Waals surface area contributed by atoms with Gasteiger partial charge in [-0.15, -0.1) is 10.2 Å². The lowest BCUT2D eigenvalue weighted by Crippen LogP contribution is -2.51. The summed E-state index contributed by atoms with van der Waals surface area (Å²) in [6.45, 7) is 6.92. The highest BCUT2D eigenvalue weighted by molar-refractivity contribution is 7.99. The lowest BCUT2D eigenvalue weighted by molar-refractivity contribution is -0.129. The Balaban J connectivity index is 1.60. The van der Waals surface area contributed by atoms with Crippen LogP contribution in [0.2, 0.25) is 0 Å². The van der Waals surface area contributed by atoms with Gasteiger partial charge in [0.25, 0.3) is 0 Å². The first-order valence-electron chi connectivity index (χ1n) is 9.04. The maximum atomic E-state index is 13.0. The summed E-state index contributed by atoms with van der Waals surface area (Å²) in [6.07, 6.45) is 0. The van der Waals surface area contributed by atoms with Gasteiger partial charge in [0, 0.05) is 33.2 Å². The Morgan fingerprint density at radius 2 is 1.79 bits per heavy atom. The zero-order valence-electron chi connectivity index (χ0n) is 16.5. The van der Waals surface area contributed by atoms with Crippen molar-refractivity contribution in [1.29, 1.82) is 0 Å². The van der Waals surface area contributed by atoms with E-state index in [4.69, 9.17) is 0 Å². The number of thioether (sulfide) groups is 1. The van der Waals surface area contributed by atoms with Crippen LogP contribution < -0.4 is 0 Å². The first-order chi connectivity index (χ1) is 13.2. The molecule has 0 aliphatic carbocycles. The molecule has 28 heavy (non-hydrogen) atoms. The van der Waals surface area contributed by atoms with Gasteiger partial charge < -0.3 is 9.47 Å². The number of aromatic nitrogens is 3. The number of carbonyl (C=O) groups excluding carboxylic acids is 1. The average molecular weight is 424 g/mol. The molecule has 0 unspecified atom stereocenters. The normalized spacial score (nSPS) is 15.8. The molecule has 8 nitrogen and oxygen atoms in total. The number of amides is 1. The molecule has 1 fully saturated rings. The Labute approximate surface area is 170 Å². The third kappa shape index (κ3) is 4.23. The molecule has 1 aromatic carbocycles. The number of hydrogen-bond donors (Lipinski definition) is 0. The standard InChI is InChI=1S/C18H25N5O3S2/c1-13-5-6-14(2)16(11-13)28(25,26)23-9-7-22(8-10-23)17(24)12-27-18-20-19-15(3)21(18)4/h5-6,11H,7-10,12H2,1-4H3. The van der Waals surface area contributed by atoms with E-state index in [1.807, 2.05) is 37.6 Å². The smallest absolute Gasteiger partial charge is 0.243 e. The van der Waals surface area contributed by atoms with Crippen LogP contribution in [-0.4, -0.2) is 70.2 Å². The number of piperazine rings is 1. The Hall–Kier alpha value is -1.91. The number of hydrogen-bond acceptors (Lipinski definition) is 6. The van der Waals surface area contributed by atoms with Gasteiger partial charge >= 0.3 is 0 Å². The largest absolute Gasteiger partial charge is 0.339 e. The summed E-state index contributed by atoms with van der Waals surface area (Å²) in [5.74, 6) is 1.03. The van der Waals surface area contributed by atoms with Crippen LogP contribution in [0.3, 0.4) is 0 Å². The monoisotopic (exact) mass is 423 g/mol. The van der Waals surface area contributed by atoms with Crippen molar-refractivity contribution in [3.63, 3.8) is 0 Å². The summed E-state index contributed by atoms with van der Waals surface area (Å²) in [6, 6.07) is 5.44. The highest BCUT2D eigenvalue weighted by Crippen LogP contribution is 2.23. The molecule has 1 amide bonds. The van der Waals surface area contributed by atoms with Crippen LogP contribution in [0.4, 0.5) is 0 Å². The molecule has 2 heterocycles. The summed E-state index contributed by atoms with van der Waals surface area (Å²) >= 11 is 1.34. The SMILES string of the molecule is Cc1ccc(C)c(S(=O)(=O)N2CCN(C(=O)CSc3nnc(C)n3C)CC2)c1. The maximum absolute atomic E-state index is 13.0. The van der Waals surface area contributed by atoms with Gasteiger partial charge in [0.2, 0.25) is 15.9 Å². The van der Waals surface area contributed by atoms with E-state index in [0.717, 1.165) is 17.0 Å². The van der Waals surface area contributed by atoms with Crippen molar-refractivity contribution in [3.8, 4) is 0 Å². The van der Waals surface area contributed by atoms with Crippen LogP contribution in [0.1, 0.15) is 17.0 Å². The number of carbonyl (C=O) groups is 1. The molecule has 10 heteroatoms. The molecule has 0 bridgehead atoms. The van der Waals surface area contributed by atoms with Gasteiger partial charge in [-0.3, -0.25) is 4.79 Å². The van der Waals surface area contributed by atoms with E-state index in [0.29, 0.717) is 36.2 Å². The molecule has 1 aromatic heterocycles. The second kappa shape index (κ2) is 8.22. The number of aryl methyl sites for hydroxylation is 3. The van der Waals surface area contributed by atoms with E-state index in [1.54, 1.807) is 17.9 Å². The molecule has 1 saturated heterocycles. The Kier molecular flexibility index (Phi) is 6.11. The summed E-state index contributed by atoms with van der Waals surface area (Å²) in [7, 11) is -1.69. The Morgan fingerprint density at radius 1 is 1.11 bits per heavy atom. The molecule has 0 saturated carbocycles. The first-order valence-corrected chi connectivity index (χ1v) is 11.5. The molecule has 1 aliphatic rings. The lowest BCUT2D eigenvalue weighted by atomic mass is 10.2. The van der Waals surface area contributed by atoms with Crippen molar-refractivity contribution in [3.05, 3.63) is 35.2 Å². The van der Waals surface area contributed by atoms with E-state index in [9.17, 15) is 13.2 Å². The van der Waals surface area contributed by atoms with Gasteiger partial charge in [0.1, 0.15) is 5.82 Å². The van der Waals surface area contributed by atoms with Crippen LogP contribution in [0, 0.1) is 20.8 Å². The Morgan fingerprint density at radius 3 is 2.39 bits per heavy atom. The minimum absolute atomic E-state index is 0.0190. The molecule has 1 aliphatic heterocycles. The van der Waals surface area contributed by atoms with Crippen LogP contribution in [0.5, 0.6) is 0 Å². The molecule has 0 N–H and O–H groups in total. The molecule has 0 radical (unpaired) electrons. The van der Waals surface area contributed by atoms with Crippen molar-refractivity contribution < 1.29 is 13.2 Å². The van der Waals surface area contributed by atoms with Crippen LogP contribution >= 0.6 is 11.8 Å². The summed E-state index contributed by atoms with van der Waals surface area (Å²) in [5.41, 5.74) is 1.65. The number of rotatable bonds is 5. The van der Waals surface area contributed by atoms with Gasteiger partial charge in [-0.05, 0) is 38.0 Å². The minimum Gasteiger partial charge on any atom is -0.339 e. The minimum atomic E-state index is -3.55. The van der Waals surface area contributed by atoms with Crippen LogP contribution in [0.15, 0.2) is 28.3 Å². The number of nitrogens with zero attached hydrogens (tertiary/aromatic N) is 5. The quantitative estimate of drug-likeness (QED) is 0.675. The van der Waals surface area contributed by atoms with E-state index in [2.05, 4.69) is 10.2 Å². The second-order valence-electron chi connectivity index (χ2n) is 6.93. The lowest BCUT2D eigenvalue weighted by Gasteiger charge is -2.34. The average Bonchev–Trinajstić information content (AvgIpc) is 3.00. The van der Waals surface area contributed by atoms with E-state index < -0.39 is 10.0 Å². The predicted molar refractivity (Wildman–Crippen MR) is 108 cm³/mol.